The van der Waals surface area contributed by atoms with E-state index in [-0.39, 0.29) is 5.56 Å². The summed E-state index contributed by atoms with van der Waals surface area (Å²) in [4.78, 5) is 10.5. The Morgan fingerprint density at radius 1 is 1.46 bits per heavy atom. The van der Waals surface area contributed by atoms with E-state index in [2.05, 4.69) is 0 Å². The van der Waals surface area contributed by atoms with Crippen LogP contribution in [0.1, 0.15) is 12.5 Å². The summed E-state index contributed by atoms with van der Waals surface area (Å²) in [5.41, 5.74) is -2.27. The first-order valence-corrected chi connectivity index (χ1v) is 4.01. The van der Waals surface area contributed by atoms with Crippen molar-refractivity contribution in [3.8, 4) is 0 Å². The molecular formula is C9H8ClFO2. The summed E-state index contributed by atoms with van der Waals surface area (Å²) in [6.45, 7) is 0.999. The summed E-state index contributed by atoms with van der Waals surface area (Å²) in [6.07, 6.45) is 0. The van der Waals surface area contributed by atoms with E-state index in [1.165, 1.54) is 24.3 Å². The highest BCUT2D eigenvalue weighted by molar-refractivity contribution is 6.30. The quantitative estimate of drug-likeness (QED) is 0.801. The topological polar surface area (TPSA) is 37.3 Å². The van der Waals surface area contributed by atoms with Gasteiger partial charge in [0, 0.05) is 10.6 Å². The number of carboxylic acids is 1. The molecule has 0 aliphatic carbocycles. The van der Waals surface area contributed by atoms with E-state index in [1.807, 2.05) is 0 Å². The summed E-state index contributed by atoms with van der Waals surface area (Å²) in [5.74, 6) is -1.50. The second-order valence-electron chi connectivity index (χ2n) is 2.82. The van der Waals surface area contributed by atoms with Gasteiger partial charge in [-0.1, -0.05) is 23.7 Å². The van der Waals surface area contributed by atoms with Crippen LogP contribution in [0.2, 0.25) is 5.02 Å². The molecular weight excluding hydrogens is 195 g/mol. The van der Waals surface area contributed by atoms with E-state index >= 15 is 0 Å². The number of halogens is 2. The largest absolute Gasteiger partial charge is 0.479 e. The zero-order valence-electron chi connectivity index (χ0n) is 6.92. The molecule has 0 aromatic heterocycles. The summed E-state index contributed by atoms with van der Waals surface area (Å²) in [6, 6.07) is 5.63. The standard InChI is InChI=1S/C9H8ClFO2/c1-9(11,8(12)13)6-2-4-7(10)5-3-6/h2-5H,1H3,(H,12,13)/t9-/m0/s1. The van der Waals surface area contributed by atoms with Gasteiger partial charge in [0.2, 0.25) is 5.67 Å². The molecule has 70 valence electrons. The maximum absolute atomic E-state index is 13.4. The van der Waals surface area contributed by atoms with E-state index in [4.69, 9.17) is 16.7 Å². The van der Waals surface area contributed by atoms with E-state index in [9.17, 15) is 9.18 Å². The Morgan fingerprint density at radius 2 is 1.92 bits per heavy atom. The van der Waals surface area contributed by atoms with Crippen LogP contribution in [0.25, 0.3) is 0 Å². The van der Waals surface area contributed by atoms with Crippen LogP contribution in [0, 0.1) is 0 Å². The highest BCUT2D eigenvalue weighted by atomic mass is 35.5. The highest BCUT2D eigenvalue weighted by Gasteiger charge is 2.34. The first-order valence-electron chi connectivity index (χ1n) is 3.63. The number of benzene rings is 1. The van der Waals surface area contributed by atoms with Gasteiger partial charge >= 0.3 is 5.97 Å². The van der Waals surface area contributed by atoms with Gasteiger partial charge in [-0.25, -0.2) is 9.18 Å². The van der Waals surface area contributed by atoms with E-state index in [0.29, 0.717) is 5.02 Å². The maximum atomic E-state index is 13.4. The zero-order chi connectivity index (χ0) is 10.1. The lowest BCUT2D eigenvalue weighted by atomic mass is 9.98. The van der Waals surface area contributed by atoms with E-state index < -0.39 is 11.6 Å². The molecule has 4 heteroatoms. The first-order chi connectivity index (χ1) is 5.94. The van der Waals surface area contributed by atoms with Crippen molar-refractivity contribution in [2.45, 2.75) is 12.6 Å². The molecule has 13 heavy (non-hydrogen) atoms. The minimum Gasteiger partial charge on any atom is -0.479 e. The van der Waals surface area contributed by atoms with Gasteiger partial charge in [-0.05, 0) is 19.1 Å². The minimum absolute atomic E-state index is 0.0874. The Kier molecular flexibility index (Phi) is 2.57. The lowest BCUT2D eigenvalue weighted by Gasteiger charge is -2.14. The molecule has 0 aliphatic rings. The van der Waals surface area contributed by atoms with Crippen molar-refractivity contribution in [2.24, 2.45) is 0 Å². The summed E-state index contributed by atoms with van der Waals surface area (Å²) >= 11 is 5.57. The Morgan fingerprint density at radius 3 is 2.31 bits per heavy atom. The molecule has 0 unspecified atom stereocenters. The number of alkyl halides is 1. The smallest absolute Gasteiger partial charge is 0.345 e. The number of hydrogen-bond acceptors (Lipinski definition) is 1. The van der Waals surface area contributed by atoms with Crippen molar-refractivity contribution >= 4 is 17.6 Å². The predicted molar refractivity (Wildman–Crippen MR) is 47.5 cm³/mol. The molecule has 0 amide bonds. The van der Waals surface area contributed by atoms with Crippen LogP contribution in [0.5, 0.6) is 0 Å². The second-order valence-corrected chi connectivity index (χ2v) is 3.25. The van der Waals surface area contributed by atoms with Crippen molar-refractivity contribution in [1.82, 2.24) is 0 Å². The molecule has 1 N–H and O–H groups in total. The Hall–Kier alpha value is -1.09. The third-order valence-electron chi connectivity index (χ3n) is 1.79. The molecule has 0 radical (unpaired) electrons. The maximum Gasteiger partial charge on any atom is 0.345 e. The van der Waals surface area contributed by atoms with Crippen LogP contribution in [0.15, 0.2) is 24.3 Å². The number of carboxylic acid groups (broad SMARTS) is 1. The normalized spacial score (nSPS) is 15.0. The van der Waals surface area contributed by atoms with Gasteiger partial charge in [0.15, 0.2) is 0 Å². The van der Waals surface area contributed by atoms with Gasteiger partial charge in [0.05, 0.1) is 0 Å². The molecule has 0 heterocycles. The van der Waals surface area contributed by atoms with Crippen LogP contribution >= 0.6 is 11.6 Å². The van der Waals surface area contributed by atoms with Crippen molar-refractivity contribution in [3.63, 3.8) is 0 Å². The lowest BCUT2D eigenvalue weighted by Crippen LogP contribution is -2.26. The van der Waals surface area contributed by atoms with Crippen LogP contribution in [0.4, 0.5) is 4.39 Å². The van der Waals surface area contributed by atoms with Gasteiger partial charge in [-0.15, -0.1) is 0 Å². The summed E-state index contributed by atoms with van der Waals surface area (Å²) in [5, 5.41) is 9.01. The van der Waals surface area contributed by atoms with Gasteiger partial charge in [0.1, 0.15) is 0 Å². The Bertz CT molecular complexity index is 319. The third-order valence-corrected chi connectivity index (χ3v) is 2.04. The van der Waals surface area contributed by atoms with Crippen molar-refractivity contribution in [3.05, 3.63) is 34.9 Å². The Labute approximate surface area is 80.0 Å². The molecule has 0 spiro atoms. The molecule has 0 aliphatic heterocycles. The number of carbonyl (C=O) groups is 1. The van der Waals surface area contributed by atoms with Crippen LogP contribution in [0.3, 0.4) is 0 Å². The third kappa shape index (κ3) is 1.98. The SMILES string of the molecule is C[C@@](F)(C(=O)O)c1ccc(Cl)cc1. The lowest BCUT2D eigenvalue weighted by molar-refractivity contribution is -0.150. The minimum atomic E-state index is -2.36. The fraction of sp³-hybridized carbons (Fsp3) is 0.222. The second kappa shape index (κ2) is 3.34. The van der Waals surface area contributed by atoms with E-state index in [1.54, 1.807) is 0 Å². The molecule has 0 fully saturated rings. The number of rotatable bonds is 2. The molecule has 1 aromatic rings. The fourth-order valence-corrected chi connectivity index (χ4v) is 1.01. The average Bonchev–Trinajstić information content (AvgIpc) is 2.04. The molecule has 1 atom stereocenters. The molecule has 0 bridgehead atoms. The summed E-state index contributed by atoms with van der Waals surface area (Å²) in [7, 11) is 0. The molecule has 1 rings (SSSR count). The van der Waals surface area contributed by atoms with Crippen LogP contribution in [-0.2, 0) is 10.5 Å². The van der Waals surface area contributed by atoms with Gasteiger partial charge in [-0.3, -0.25) is 0 Å². The first kappa shape index (κ1) is 9.99. The van der Waals surface area contributed by atoms with Crippen molar-refractivity contribution < 1.29 is 14.3 Å². The van der Waals surface area contributed by atoms with Gasteiger partial charge in [0.25, 0.3) is 0 Å². The molecule has 0 saturated heterocycles. The molecule has 2 nitrogen and oxygen atoms in total. The predicted octanol–water partition coefficient (Wildman–Crippen LogP) is 2.61. The fourth-order valence-electron chi connectivity index (χ4n) is 0.886. The summed E-state index contributed by atoms with van der Waals surface area (Å²) < 4.78 is 13.4. The number of aliphatic carboxylic acids is 1. The Balaban J connectivity index is 3.08. The zero-order valence-corrected chi connectivity index (χ0v) is 7.68. The monoisotopic (exact) mass is 202 g/mol. The van der Waals surface area contributed by atoms with Gasteiger partial charge in [-0.2, -0.15) is 0 Å². The van der Waals surface area contributed by atoms with E-state index in [0.717, 1.165) is 6.92 Å². The van der Waals surface area contributed by atoms with Crippen molar-refractivity contribution in [1.29, 1.82) is 0 Å². The van der Waals surface area contributed by atoms with Gasteiger partial charge < -0.3 is 5.11 Å². The van der Waals surface area contributed by atoms with Crippen LogP contribution in [-0.4, -0.2) is 11.1 Å². The highest BCUT2D eigenvalue weighted by Crippen LogP contribution is 2.26. The van der Waals surface area contributed by atoms with Crippen molar-refractivity contribution in [2.75, 3.05) is 0 Å². The molecule has 0 saturated carbocycles. The average molecular weight is 203 g/mol. The molecule has 1 aromatic carbocycles. The van der Waals surface area contributed by atoms with Crippen LogP contribution < -0.4 is 0 Å². The number of hydrogen-bond donors (Lipinski definition) is 1.